The van der Waals surface area contributed by atoms with E-state index in [-0.39, 0.29) is 24.0 Å². The lowest BCUT2D eigenvalue weighted by Gasteiger charge is -2.39. The maximum Gasteiger partial charge on any atom is 0.193 e. The Morgan fingerprint density at radius 2 is 2.26 bits per heavy atom. The molecule has 0 bridgehead atoms. The molecule has 0 amide bonds. The van der Waals surface area contributed by atoms with E-state index in [2.05, 4.69) is 51.7 Å². The van der Waals surface area contributed by atoms with E-state index in [0.29, 0.717) is 12.0 Å². The Morgan fingerprint density at radius 3 is 2.93 bits per heavy atom. The molecule has 0 saturated carbocycles. The minimum absolute atomic E-state index is 0. The summed E-state index contributed by atoms with van der Waals surface area (Å²) >= 11 is 1.81. The summed E-state index contributed by atoms with van der Waals surface area (Å²) in [6.07, 6.45) is 11.0. The molecule has 1 aliphatic heterocycles. The molecule has 1 N–H and O–H groups in total. The molecular formula is C19H31IN6S. The van der Waals surface area contributed by atoms with Crippen LogP contribution in [0.15, 0.2) is 29.9 Å². The smallest absolute Gasteiger partial charge is 0.193 e. The van der Waals surface area contributed by atoms with Gasteiger partial charge in [0.1, 0.15) is 0 Å². The molecule has 2 aromatic heterocycles. The highest BCUT2D eigenvalue weighted by molar-refractivity contribution is 14.0. The van der Waals surface area contributed by atoms with Gasteiger partial charge >= 0.3 is 0 Å². The number of rotatable bonds is 6. The predicted octanol–water partition coefficient (Wildman–Crippen LogP) is 3.61. The number of hydrogen-bond donors (Lipinski definition) is 1. The van der Waals surface area contributed by atoms with Crippen molar-refractivity contribution >= 4 is 41.3 Å². The molecule has 2 unspecified atom stereocenters. The molecule has 3 heterocycles. The number of piperidine rings is 1. The van der Waals surface area contributed by atoms with E-state index in [9.17, 15) is 0 Å². The quantitative estimate of drug-likeness (QED) is 0.373. The fraction of sp³-hybridized carbons (Fsp3) is 0.632. The van der Waals surface area contributed by atoms with E-state index < -0.39 is 0 Å². The van der Waals surface area contributed by atoms with Gasteiger partial charge in [-0.1, -0.05) is 13.8 Å². The Kier molecular flexibility index (Phi) is 9.01. The maximum atomic E-state index is 4.88. The fourth-order valence-corrected chi connectivity index (χ4v) is 4.26. The number of halogens is 1. The Morgan fingerprint density at radius 1 is 1.41 bits per heavy atom. The molecule has 3 rings (SSSR count). The van der Waals surface area contributed by atoms with Crippen molar-refractivity contribution in [3.63, 3.8) is 0 Å². The zero-order valence-electron chi connectivity index (χ0n) is 16.5. The SMILES string of the molecule is CCNC(=NCCc1ncc(CC)s1)N1CCC(C)C(n2ccnc2)C1.I. The number of imidazole rings is 1. The van der Waals surface area contributed by atoms with Crippen LogP contribution >= 0.6 is 35.3 Å². The number of nitrogens with zero attached hydrogens (tertiary/aromatic N) is 5. The first-order valence-electron chi connectivity index (χ1n) is 9.65. The summed E-state index contributed by atoms with van der Waals surface area (Å²) in [5.41, 5.74) is 0. The third-order valence-electron chi connectivity index (χ3n) is 5.00. The molecule has 0 aromatic carbocycles. The van der Waals surface area contributed by atoms with Crippen LogP contribution in [-0.2, 0) is 12.8 Å². The third kappa shape index (κ3) is 5.91. The van der Waals surface area contributed by atoms with Gasteiger partial charge in [0.25, 0.3) is 0 Å². The molecule has 1 aliphatic rings. The lowest BCUT2D eigenvalue weighted by Crippen LogP contribution is -2.49. The number of thiazole rings is 1. The minimum Gasteiger partial charge on any atom is -0.357 e. The van der Waals surface area contributed by atoms with Crippen molar-refractivity contribution in [2.75, 3.05) is 26.2 Å². The highest BCUT2D eigenvalue weighted by atomic mass is 127. The van der Waals surface area contributed by atoms with Crippen molar-refractivity contribution in [3.05, 3.63) is 34.8 Å². The molecule has 8 heteroatoms. The van der Waals surface area contributed by atoms with Gasteiger partial charge < -0.3 is 14.8 Å². The van der Waals surface area contributed by atoms with Gasteiger partial charge in [-0.3, -0.25) is 4.99 Å². The van der Waals surface area contributed by atoms with E-state index in [4.69, 9.17) is 4.99 Å². The van der Waals surface area contributed by atoms with E-state index in [1.807, 2.05) is 30.1 Å². The number of aryl methyl sites for hydroxylation is 1. The summed E-state index contributed by atoms with van der Waals surface area (Å²) in [7, 11) is 0. The number of nitrogens with one attached hydrogen (secondary N) is 1. The summed E-state index contributed by atoms with van der Waals surface area (Å²) in [6.45, 7) is 10.3. The molecule has 6 nitrogen and oxygen atoms in total. The number of likely N-dealkylation sites (tertiary alicyclic amines) is 1. The lowest BCUT2D eigenvalue weighted by atomic mass is 9.93. The summed E-state index contributed by atoms with van der Waals surface area (Å²) in [4.78, 5) is 17.4. The van der Waals surface area contributed by atoms with Crippen molar-refractivity contribution in [2.24, 2.45) is 10.9 Å². The third-order valence-corrected chi connectivity index (χ3v) is 6.20. The summed E-state index contributed by atoms with van der Waals surface area (Å²) in [5, 5.41) is 4.65. The van der Waals surface area contributed by atoms with Gasteiger partial charge in [0.2, 0.25) is 0 Å². The van der Waals surface area contributed by atoms with Gasteiger partial charge in [-0.2, -0.15) is 0 Å². The second kappa shape index (κ2) is 11.0. The normalized spacial score (nSPS) is 20.4. The van der Waals surface area contributed by atoms with Gasteiger partial charge in [0, 0.05) is 56.1 Å². The number of hydrogen-bond acceptors (Lipinski definition) is 4. The first-order chi connectivity index (χ1) is 12.7. The highest BCUT2D eigenvalue weighted by Gasteiger charge is 2.28. The van der Waals surface area contributed by atoms with Crippen LogP contribution in [0.4, 0.5) is 0 Å². The predicted molar refractivity (Wildman–Crippen MR) is 123 cm³/mol. The fourth-order valence-electron chi connectivity index (χ4n) is 3.41. The Hall–Kier alpha value is -1.16. The molecule has 0 aliphatic carbocycles. The molecular weight excluding hydrogens is 471 g/mol. The summed E-state index contributed by atoms with van der Waals surface area (Å²) in [5.74, 6) is 1.67. The largest absolute Gasteiger partial charge is 0.357 e. The standard InChI is InChI=1S/C19H30N6S.HI/c1-4-16-12-23-18(26-16)6-8-22-19(21-5-2)24-10-7-15(3)17(13-24)25-11-9-20-14-25;/h9,11-12,14-15,17H,4-8,10,13H2,1-3H3,(H,21,22);1H. The van der Waals surface area contributed by atoms with Crippen LogP contribution < -0.4 is 5.32 Å². The highest BCUT2D eigenvalue weighted by Crippen LogP contribution is 2.27. The minimum atomic E-state index is 0. The second-order valence-electron chi connectivity index (χ2n) is 6.85. The number of guanidine groups is 1. The molecule has 150 valence electrons. The van der Waals surface area contributed by atoms with Crippen LogP contribution in [0.25, 0.3) is 0 Å². The molecule has 0 radical (unpaired) electrons. The van der Waals surface area contributed by atoms with Gasteiger partial charge in [0.05, 0.1) is 17.4 Å². The van der Waals surface area contributed by atoms with Crippen molar-refractivity contribution in [1.82, 2.24) is 24.8 Å². The first kappa shape index (κ1) is 22.1. The Bertz CT molecular complexity index is 699. The number of aliphatic imine (C=N–C) groups is 1. The average Bonchev–Trinajstić information content (AvgIpc) is 3.33. The zero-order chi connectivity index (χ0) is 18.4. The molecule has 1 fully saturated rings. The zero-order valence-corrected chi connectivity index (χ0v) is 19.6. The Labute approximate surface area is 183 Å². The summed E-state index contributed by atoms with van der Waals surface area (Å²) in [6, 6.07) is 0.446. The second-order valence-corrected chi connectivity index (χ2v) is 8.05. The number of aromatic nitrogens is 3. The molecule has 1 saturated heterocycles. The van der Waals surface area contributed by atoms with Crippen LogP contribution in [-0.4, -0.2) is 51.6 Å². The molecule has 2 aromatic rings. The van der Waals surface area contributed by atoms with Crippen molar-refractivity contribution in [2.45, 2.75) is 46.1 Å². The van der Waals surface area contributed by atoms with Crippen molar-refractivity contribution < 1.29 is 0 Å². The van der Waals surface area contributed by atoms with Crippen LogP contribution in [0.2, 0.25) is 0 Å². The van der Waals surface area contributed by atoms with Gasteiger partial charge in [-0.05, 0) is 25.7 Å². The molecule has 2 atom stereocenters. The lowest BCUT2D eigenvalue weighted by molar-refractivity contribution is 0.189. The molecule has 0 spiro atoms. The van der Waals surface area contributed by atoms with Gasteiger partial charge in [0.15, 0.2) is 5.96 Å². The van der Waals surface area contributed by atoms with Crippen molar-refractivity contribution in [1.29, 1.82) is 0 Å². The van der Waals surface area contributed by atoms with E-state index >= 15 is 0 Å². The van der Waals surface area contributed by atoms with Crippen LogP contribution in [0.1, 0.15) is 43.1 Å². The maximum absolute atomic E-state index is 4.88. The van der Waals surface area contributed by atoms with E-state index in [1.54, 1.807) is 0 Å². The van der Waals surface area contributed by atoms with Crippen LogP contribution in [0, 0.1) is 5.92 Å². The van der Waals surface area contributed by atoms with E-state index in [1.165, 1.54) is 16.3 Å². The van der Waals surface area contributed by atoms with Gasteiger partial charge in [-0.15, -0.1) is 35.3 Å². The monoisotopic (exact) mass is 502 g/mol. The van der Waals surface area contributed by atoms with Crippen molar-refractivity contribution in [3.8, 4) is 0 Å². The van der Waals surface area contributed by atoms with E-state index in [0.717, 1.165) is 45.0 Å². The topological polar surface area (TPSA) is 58.3 Å². The Balaban J connectivity index is 0.00000261. The van der Waals surface area contributed by atoms with Gasteiger partial charge in [-0.25, -0.2) is 9.97 Å². The first-order valence-corrected chi connectivity index (χ1v) is 10.5. The average molecular weight is 502 g/mol. The van der Waals surface area contributed by atoms with Crippen LogP contribution in [0.5, 0.6) is 0 Å². The summed E-state index contributed by atoms with van der Waals surface area (Å²) < 4.78 is 2.24. The molecule has 27 heavy (non-hydrogen) atoms. The van der Waals surface area contributed by atoms with Crippen LogP contribution in [0.3, 0.4) is 0 Å².